The molecule has 33 heavy (non-hydrogen) atoms. The Balaban J connectivity index is 1.36. The summed E-state index contributed by atoms with van der Waals surface area (Å²) in [6, 6.07) is 15.0. The van der Waals surface area contributed by atoms with Crippen LogP contribution in [-0.2, 0) is 24.3 Å². The van der Waals surface area contributed by atoms with Gasteiger partial charge in [0.15, 0.2) is 11.0 Å². The molecule has 0 unspecified atom stereocenters. The van der Waals surface area contributed by atoms with E-state index in [1.165, 1.54) is 17.3 Å². The Bertz CT molecular complexity index is 1130. The first-order valence-electron chi connectivity index (χ1n) is 11.0. The number of fused-ring (bicyclic) bond motifs is 1. The van der Waals surface area contributed by atoms with Crippen molar-refractivity contribution in [3.63, 3.8) is 0 Å². The van der Waals surface area contributed by atoms with Crippen molar-refractivity contribution >= 4 is 29.3 Å². The summed E-state index contributed by atoms with van der Waals surface area (Å²) in [5, 5.41) is 12.0. The SMILES string of the molecule is CCn1c(CNC(=O)c2ccc(OC)cc2)nnc1SCC(=O)N1CCCc2ccccc21. The first kappa shape index (κ1) is 22.8. The molecule has 9 heteroatoms. The Morgan fingerprint density at radius 3 is 2.67 bits per heavy atom. The number of para-hydroxylation sites is 1. The minimum atomic E-state index is -0.198. The van der Waals surface area contributed by atoms with Gasteiger partial charge in [0, 0.05) is 24.3 Å². The zero-order valence-electron chi connectivity index (χ0n) is 18.8. The number of thioether (sulfide) groups is 1. The Hall–Kier alpha value is -3.33. The zero-order chi connectivity index (χ0) is 23.2. The van der Waals surface area contributed by atoms with Crippen molar-refractivity contribution < 1.29 is 14.3 Å². The number of methoxy groups -OCH3 is 1. The highest BCUT2D eigenvalue weighted by molar-refractivity contribution is 7.99. The summed E-state index contributed by atoms with van der Waals surface area (Å²) in [5.74, 6) is 1.49. The molecule has 0 saturated carbocycles. The number of hydrogen-bond donors (Lipinski definition) is 1. The number of nitrogens with one attached hydrogen (secondary N) is 1. The number of hydrogen-bond acceptors (Lipinski definition) is 6. The number of nitrogens with zero attached hydrogens (tertiary/aromatic N) is 4. The quantitative estimate of drug-likeness (QED) is 0.514. The molecule has 1 aliphatic heterocycles. The summed E-state index contributed by atoms with van der Waals surface area (Å²) in [4.78, 5) is 27.3. The van der Waals surface area contributed by atoms with Gasteiger partial charge in [-0.15, -0.1) is 10.2 Å². The van der Waals surface area contributed by atoms with E-state index in [-0.39, 0.29) is 24.1 Å². The molecule has 2 amide bonds. The molecule has 0 bridgehead atoms. The predicted octanol–water partition coefficient (Wildman–Crippen LogP) is 3.31. The van der Waals surface area contributed by atoms with Crippen molar-refractivity contribution in [2.24, 2.45) is 0 Å². The molecule has 1 aliphatic rings. The van der Waals surface area contributed by atoms with Gasteiger partial charge in [-0.2, -0.15) is 0 Å². The van der Waals surface area contributed by atoms with Crippen molar-refractivity contribution in [3.8, 4) is 5.75 Å². The Labute approximate surface area is 197 Å². The van der Waals surface area contributed by atoms with Crippen LogP contribution in [0.3, 0.4) is 0 Å². The second-order valence-corrected chi connectivity index (χ2v) is 8.56. The van der Waals surface area contributed by atoms with E-state index in [2.05, 4.69) is 21.6 Å². The molecular weight excluding hydrogens is 438 g/mol. The van der Waals surface area contributed by atoms with Crippen molar-refractivity contribution in [3.05, 3.63) is 65.5 Å². The van der Waals surface area contributed by atoms with E-state index < -0.39 is 0 Å². The van der Waals surface area contributed by atoms with Gasteiger partial charge in [0.05, 0.1) is 19.4 Å². The van der Waals surface area contributed by atoms with Gasteiger partial charge in [-0.05, 0) is 55.7 Å². The topological polar surface area (TPSA) is 89.4 Å². The number of rotatable bonds is 8. The first-order valence-corrected chi connectivity index (χ1v) is 11.9. The summed E-state index contributed by atoms with van der Waals surface area (Å²) in [5.41, 5.74) is 2.77. The lowest BCUT2D eigenvalue weighted by Crippen LogP contribution is -2.36. The van der Waals surface area contributed by atoms with Crippen LogP contribution >= 0.6 is 11.8 Å². The average Bonchev–Trinajstić information content (AvgIpc) is 3.27. The van der Waals surface area contributed by atoms with Crippen LogP contribution in [0.4, 0.5) is 5.69 Å². The van der Waals surface area contributed by atoms with Crippen LogP contribution in [0.2, 0.25) is 0 Å². The van der Waals surface area contributed by atoms with Crippen LogP contribution in [0.5, 0.6) is 5.75 Å². The van der Waals surface area contributed by atoms with Gasteiger partial charge in [0.2, 0.25) is 5.91 Å². The Morgan fingerprint density at radius 2 is 1.91 bits per heavy atom. The van der Waals surface area contributed by atoms with Crippen molar-refractivity contribution in [1.82, 2.24) is 20.1 Å². The lowest BCUT2D eigenvalue weighted by molar-refractivity contribution is -0.116. The fourth-order valence-corrected chi connectivity index (χ4v) is 4.77. The molecule has 3 aromatic rings. The third kappa shape index (κ3) is 5.19. The fourth-order valence-electron chi connectivity index (χ4n) is 3.87. The maximum absolute atomic E-state index is 12.9. The molecule has 0 saturated heterocycles. The largest absolute Gasteiger partial charge is 0.497 e. The number of anilines is 1. The standard InChI is InChI=1S/C24H27N5O3S/c1-3-28-21(15-25-23(31)18-10-12-19(32-2)13-11-18)26-27-24(28)33-16-22(30)29-14-6-8-17-7-4-5-9-20(17)29/h4-5,7,9-13H,3,6,8,14-16H2,1-2H3,(H,25,31). The van der Waals surface area contributed by atoms with Crippen LogP contribution in [-0.4, -0.2) is 46.0 Å². The van der Waals surface area contributed by atoms with Gasteiger partial charge < -0.3 is 19.5 Å². The summed E-state index contributed by atoms with van der Waals surface area (Å²) in [7, 11) is 1.58. The molecule has 1 aromatic heterocycles. The molecule has 0 radical (unpaired) electrons. The maximum atomic E-state index is 12.9. The van der Waals surface area contributed by atoms with E-state index in [9.17, 15) is 9.59 Å². The number of carbonyl (C=O) groups excluding carboxylic acids is 2. The molecule has 2 heterocycles. The van der Waals surface area contributed by atoms with Crippen molar-refractivity contribution in [2.75, 3.05) is 24.3 Å². The number of aryl methyl sites for hydroxylation is 1. The molecule has 4 rings (SSSR count). The Kier molecular flexibility index (Phi) is 7.29. The van der Waals surface area contributed by atoms with E-state index in [1.807, 2.05) is 34.6 Å². The third-order valence-electron chi connectivity index (χ3n) is 5.60. The lowest BCUT2D eigenvalue weighted by Gasteiger charge is -2.29. The lowest BCUT2D eigenvalue weighted by atomic mass is 10.0. The minimum Gasteiger partial charge on any atom is -0.497 e. The number of amides is 2. The number of benzene rings is 2. The highest BCUT2D eigenvalue weighted by atomic mass is 32.2. The minimum absolute atomic E-state index is 0.0622. The molecule has 8 nitrogen and oxygen atoms in total. The summed E-state index contributed by atoms with van der Waals surface area (Å²) in [6.07, 6.45) is 1.97. The molecule has 0 aliphatic carbocycles. The number of carbonyl (C=O) groups is 2. The summed E-state index contributed by atoms with van der Waals surface area (Å²) >= 11 is 1.38. The smallest absolute Gasteiger partial charge is 0.251 e. The summed E-state index contributed by atoms with van der Waals surface area (Å²) < 4.78 is 7.05. The van der Waals surface area contributed by atoms with E-state index in [0.29, 0.717) is 28.8 Å². The molecular formula is C24H27N5O3S. The molecule has 2 aromatic carbocycles. The number of ether oxygens (including phenoxy) is 1. The van der Waals surface area contributed by atoms with Gasteiger partial charge in [-0.25, -0.2) is 0 Å². The summed E-state index contributed by atoms with van der Waals surface area (Å²) in [6.45, 7) is 3.62. The second kappa shape index (κ2) is 10.5. The maximum Gasteiger partial charge on any atom is 0.251 e. The third-order valence-corrected chi connectivity index (χ3v) is 6.56. The molecule has 1 N–H and O–H groups in total. The highest BCUT2D eigenvalue weighted by Crippen LogP contribution is 2.28. The number of aromatic nitrogens is 3. The van der Waals surface area contributed by atoms with Gasteiger partial charge in [0.25, 0.3) is 5.91 Å². The highest BCUT2D eigenvalue weighted by Gasteiger charge is 2.23. The van der Waals surface area contributed by atoms with Gasteiger partial charge in [0.1, 0.15) is 5.75 Å². The van der Waals surface area contributed by atoms with E-state index in [4.69, 9.17) is 4.74 Å². The van der Waals surface area contributed by atoms with Crippen molar-refractivity contribution in [1.29, 1.82) is 0 Å². The fraction of sp³-hybridized carbons (Fsp3) is 0.333. The van der Waals surface area contributed by atoms with E-state index >= 15 is 0 Å². The molecule has 0 spiro atoms. The van der Waals surface area contributed by atoms with Crippen LogP contribution in [0.25, 0.3) is 0 Å². The van der Waals surface area contributed by atoms with E-state index in [0.717, 1.165) is 25.1 Å². The first-order chi connectivity index (χ1) is 16.1. The van der Waals surface area contributed by atoms with Crippen molar-refractivity contribution in [2.45, 2.75) is 38.0 Å². The van der Waals surface area contributed by atoms with Crippen LogP contribution in [0.15, 0.2) is 53.7 Å². The predicted molar refractivity (Wildman–Crippen MR) is 128 cm³/mol. The molecule has 172 valence electrons. The van der Waals surface area contributed by atoms with Gasteiger partial charge >= 0.3 is 0 Å². The van der Waals surface area contributed by atoms with Gasteiger partial charge in [-0.3, -0.25) is 9.59 Å². The monoisotopic (exact) mass is 465 g/mol. The van der Waals surface area contributed by atoms with Crippen LogP contribution in [0.1, 0.15) is 35.1 Å². The molecule has 0 fully saturated rings. The average molecular weight is 466 g/mol. The second-order valence-electron chi connectivity index (χ2n) is 7.62. The molecule has 0 atom stereocenters. The van der Waals surface area contributed by atoms with Gasteiger partial charge in [-0.1, -0.05) is 30.0 Å². The zero-order valence-corrected chi connectivity index (χ0v) is 19.6. The van der Waals surface area contributed by atoms with Crippen LogP contribution < -0.4 is 15.0 Å². The Morgan fingerprint density at radius 1 is 1.12 bits per heavy atom. The normalized spacial score (nSPS) is 12.8. The van der Waals surface area contributed by atoms with Crippen LogP contribution in [0, 0.1) is 0 Å². The van der Waals surface area contributed by atoms with E-state index in [1.54, 1.807) is 31.4 Å².